The molecule has 0 radical (unpaired) electrons. The van der Waals surface area contributed by atoms with Gasteiger partial charge in [-0.3, -0.25) is 4.79 Å². The molecule has 0 aliphatic carbocycles. The summed E-state index contributed by atoms with van der Waals surface area (Å²) in [6, 6.07) is 10.1. The van der Waals surface area contributed by atoms with Gasteiger partial charge in [0.25, 0.3) is 0 Å². The highest BCUT2D eigenvalue weighted by Crippen LogP contribution is 2.38. The number of Topliss-reactive ketones (excluding diaryl/α,β-unsaturated/α-hetero) is 1. The Morgan fingerprint density at radius 3 is 2.58 bits per heavy atom. The molecule has 0 atom stereocenters. The van der Waals surface area contributed by atoms with Crippen molar-refractivity contribution >= 4 is 5.78 Å². The van der Waals surface area contributed by atoms with Gasteiger partial charge in [0.1, 0.15) is 23.7 Å². The minimum absolute atomic E-state index is 0.139. The van der Waals surface area contributed by atoms with Gasteiger partial charge in [-0.15, -0.1) is 0 Å². The maximum absolute atomic E-state index is 12.4. The molecule has 1 aliphatic heterocycles. The molecule has 126 valence electrons. The van der Waals surface area contributed by atoms with Gasteiger partial charge < -0.3 is 9.47 Å². The van der Waals surface area contributed by atoms with E-state index in [1.54, 1.807) is 0 Å². The summed E-state index contributed by atoms with van der Waals surface area (Å²) in [6.07, 6.45) is 0.406. The second-order valence-electron chi connectivity index (χ2n) is 7.29. The van der Waals surface area contributed by atoms with Crippen LogP contribution in [0.15, 0.2) is 30.3 Å². The maximum Gasteiger partial charge on any atom is 0.170 e. The first-order valence-corrected chi connectivity index (χ1v) is 8.31. The lowest BCUT2D eigenvalue weighted by atomic mass is 9.90. The molecule has 0 amide bonds. The molecule has 24 heavy (non-hydrogen) atoms. The summed E-state index contributed by atoms with van der Waals surface area (Å²) < 4.78 is 12.0. The van der Waals surface area contributed by atoms with E-state index in [0.29, 0.717) is 24.3 Å². The van der Waals surface area contributed by atoms with Gasteiger partial charge in [0.05, 0.1) is 12.0 Å². The lowest BCUT2D eigenvalue weighted by Crippen LogP contribution is -2.36. The smallest absolute Gasteiger partial charge is 0.170 e. The fourth-order valence-electron chi connectivity index (χ4n) is 3.17. The van der Waals surface area contributed by atoms with E-state index in [1.807, 2.05) is 32.9 Å². The molecule has 1 heterocycles. The third kappa shape index (κ3) is 3.30. The molecule has 0 aromatic heterocycles. The van der Waals surface area contributed by atoms with Crippen molar-refractivity contribution in [1.82, 2.24) is 0 Å². The Hall–Kier alpha value is -2.29. The highest BCUT2D eigenvalue weighted by atomic mass is 16.5. The molecule has 3 heteroatoms. The SMILES string of the molecule is Cc1ccc(C)c(COc2cc(C)c3c(c2)OC(C)(C)CC3=O)c1. The zero-order valence-electron chi connectivity index (χ0n) is 15.0. The zero-order valence-corrected chi connectivity index (χ0v) is 15.0. The van der Waals surface area contributed by atoms with E-state index in [0.717, 1.165) is 11.3 Å². The quantitative estimate of drug-likeness (QED) is 0.802. The van der Waals surface area contributed by atoms with Crippen molar-refractivity contribution in [3.63, 3.8) is 0 Å². The number of aryl methyl sites for hydroxylation is 3. The number of carbonyl (C=O) groups is 1. The Kier molecular flexibility index (Phi) is 4.12. The van der Waals surface area contributed by atoms with E-state index < -0.39 is 5.60 Å². The van der Waals surface area contributed by atoms with Gasteiger partial charge in [-0.05, 0) is 57.4 Å². The molecule has 2 aromatic carbocycles. The first-order valence-electron chi connectivity index (χ1n) is 8.31. The number of ether oxygens (including phenoxy) is 2. The van der Waals surface area contributed by atoms with E-state index in [-0.39, 0.29) is 5.78 Å². The van der Waals surface area contributed by atoms with Crippen molar-refractivity contribution in [2.24, 2.45) is 0 Å². The lowest BCUT2D eigenvalue weighted by molar-refractivity contribution is 0.0616. The molecule has 0 spiro atoms. The lowest BCUT2D eigenvalue weighted by Gasteiger charge is -2.32. The van der Waals surface area contributed by atoms with Crippen LogP contribution in [0.25, 0.3) is 0 Å². The number of hydrogen-bond acceptors (Lipinski definition) is 3. The summed E-state index contributed by atoms with van der Waals surface area (Å²) in [5, 5.41) is 0. The van der Waals surface area contributed by atoms with Gasteiger partial charge in [0.15, 0.2) is 5.78 Å². The summed E-state index contributed by atoms with van der Waals surface area (Å²) in [5.74, 6) is 1.50. The molecule has 2 aromatic rings. The van der Waals surface area contributed by atoms with Crippen LogP contribution in [0.1, 0.15) is 52.9 Å². The Labute approximate surface area is 143 Å². The van der Waals surface area contributed by atoms with Crippen molar-refractivity contribution in [3.8, 4) is 11.5 Å². The highest BCUT2D eigenvalue weighted by molar-refractivity contribution is 6.01. The number of benzene rings is 2. The standard InChI is InChI=1S/C21H24O3/c1-13-6-7-14(2)16(8-13)12-23-17-9-15(3)20-18(22)11-21(4,5)24-19(20)10-17/h6-10H,11-12H2,1-5H3. The van der Waals surface area contributed by atoms with Crippen LogP contribution < -0.4 is 9.47 Å². The van der Waals surface area contributed by atoms with Crippen LogP contribution in [-0.4, -0.2) is 11.4 Å². The van der Waals surface area contributed by atoms with Crippen LogP contribution in [0.4, 0.5) is 0 Å². The molecule has 0 N–H and O–H groups in total. The monoisotopic (exact) mass is 324 g/mol. The number of carbonyl (C=O) groups excluding carboxylic acids is 1. The molecular weight excluding hydrogens is 300 g/mol. The van der Waals surface area contributed by atoms with Crippen LogP contribution >= 0.6 is 0 Å². The Balaban J connectivity index is 1.87. The van der Waals surface area contributed by atoms with Gasteiger partial charge >= 0.3 is 0 Å². The van der Waals surface area contributed by atoms with Crippen molar-refractivity contribution < 1.29 is 14.3 Å². The van der Waals surface area contributed by atoms with E-state index in [1.165, 1.54) is 16.7 Å². The molecule has 3 rings (SSSR count). The minimum Gasteiger partial charge on any atom is -0.489 e. The summed E-state index contributed by atoms with van der Waals surface area (Å²) in [6.45, 7) is 10.5. The number of ketones is 1. The first-order chi connectivity index (χ1) is 11.2. The zero-order chi connectivity index (χ0) is 17.5. The average Bonchev–Trinajstić information content (AvgIpc) is 2.46. The van der Waals surface area contributed by atoms with Crippen LogP contribution in [-0.2, 0) is 6.61 Å². The van der Waals surface area contributed by atoms with Crippen molar-refractivity contribution in [2.45, 2.75) is 53.2 Å². The van der Waals surface area contributed by atoms with Gasteiger partial charge in [-0.25, -0.2) is 0 Å². The molecule has 0 bridgehead atoms. The minimum atomic E-state index is -0.470. The number of fused-ring (bicyclic) bond motifs is 1. The second-order valence-corrected chi connectivity index (χ2v) is 7.29. The van der Waals surface area contributed by atoms with Gasteiger partial charge in [-0.1, -0.05) is 23.8 Å². The largest absolute Gasteiger partial charge is 0.489 e. The second kappa shape index (κ2) is 5.97. The van der Waals surface area contributed by atoms with Gasteiger partial charge in [0.2, 0.25) is 0 Å². The van der Waals surface area contributed by atoms with Crippen molar-refractivity contribution in [2.75, 3.05) is 0 Å². The average molecular weight is 324 g/mol. The van der Waals surface area contributed by atoms with Crippen LogP contribution in [0, 0.1) is 20.8 Å². The molecule has 0 saturated carbocycles. The van der Waals surface area contributed by atoms with Gasteiger partial charge in [-0.2, -0.15) is 0 Å². The molecule has 0 fully saturated rings. The number of hydrogen-bond donors (Lipinski definition) is 0. The molecule has 1 aliphatic rings. The summed E-state index contributed by atoms with van der Waals surface area (Å²) in [5.41, 5.74) is 4.72. The first kappa shape index (κ1) is 16.6. The normalized spacial score (nSPS) is 15.6. The Morgan fingerprint density at radius 1 is 1.08 bits per heavy atom. The Morgan fingerprint density at radius 2 is 1.83 bits per heavy atom. The maximum atomic E-state index is 12.4. The van der Waals surface area contributed by atoms with E-state index in [4.69, 9.17) is 9.47 Å². The molecular formula is C21H24O3. The van der Waals surface area contributed by atoms with E-state index in [2.05, 4.69) is 32.0 Å². The number of rotatable bonds is 3. The molecule has 0 saturated heterocycles. The predicted octanol–water partition coefficient (Wildman–Crippen LogP) is 4.93. The summed E-state index contributed by atoms with van der Waals surface area (Å²) in [7, 11) is 0. The fourth-order valence-corrected chi connectivity index (χ4v) is 3.17. The third-order valence-corrected chi connectivity index (χ3v) is 4.42. The highest BCUT2D eigenvalue weighted by Gasteiger charge is 2.33. The van der Waals surface area contributed by atoms with E-state index in [9.17, 15) is 4.79 Å². The van der Waals surface area contributed by atoms with Gasteiger partial charge in [0, 0.05) is 6.07 Å². The molecule has 3 nitrogen and oxygen atoms in total. The van der Waals surface area contributed by atoms with Crippen LogP contribution in [0.3, 0.4) is 0 Å². The van der Waals surface area contributed by atoms with E-state index >= 15 is 0 Å². The molecule has 0 unspecified atom stereocenters. The van der Waals surface area contributed by atoms with Crippen molar-refractivity contribution in [3.05, 3.63) is 58.1 Å². The summed E-state index contributed by atoms with van der Waals surface area (Å²) >= 11 is 0. The summed E-state index contributed by atoms with van der Waals surface area (Å²) in [4.78, 5) is 12.4. The predicted molar refractivity (Wildman–Crippen MR) is 95.1 cm³/mol. The topological polar surface area (TPSA) is 35.5 Å². The Bertz CT molecular complexity index is 803. The third-order valence-electron chi connectivity index (χ3n) is 4.42. The fraction of sp³-hybridized carbons (Fsp3) is 0.381. The van der Waals surface area contributed by atoms with Crippen LogP contribution in [0.5, 0.6) is 11.5 Å². The van der Waals surface area contributed by atoms with Crippen LogP contribution in [0.2, 0.25) is 0 Å². The van der Waals surface area contributed by atoms with Crippen molar-refractivity contribution in [1.29, 1.82) is 0 Å².